The number of nitrogens with one attached hydrogen (secondary N) is 1. The SMILES string of the molecule is CC(C)(CC(=O)O)CC(=O)CNC(=O)OCc1ccccc1. The first-order valence-corrected chi connectivity index (χ1v) is 6.96. The second-order valence-corrected chi connectivity index (χ2v) is 5.87. The number of carbonyl (C=O) groups is 3. The molecule has 0 aliphatic heterocycles. The number of benzene rings is 1. The Labute approximate surface area is 129 Å². The second kappa shape index (κ2) is 8.17. The third kappa shape index (κ3) is 7.42. The van der Waals surface area contributed by atoms with Gasteiger partial charge in [0.25, 0.3) is 0 Å². The molecule has 0 bridgehead atoms. The van der Waals surface area contributed by atoms with Gasteiger partial charge >= 0.3 is 12.1 Å². The van der Waals surface area contributed by atoms with Gasteiger partial charge in [0.2, 0.25) is 0 Å². The van der Waals surface area contributed by atoms with Crippen molar-refractivity contribution < 1.29 is 24.2 Å². The van der Waals surface area contributed by atoms with E-state index in [2.05, 4.69) is 5.32 Å². The van der Waals surface area contributed by atoms with Gasteiger partial charge in [-0.15, -0.1) is 0 Å². The Balaban J connectivity index is 2.28. The molecule has 0 spiro atoms. The molecule has 0 atom stereocenters. The normalized spacial score (nSPS) is 10.8. The number of alkyl carbamates (subject to hydrolysis) is 1. The minimum Gasteiger partial charge on any atom is -0.481 e. The molecule has 1 amide bonds. The molecule has 6 heteroatoms. The van der Waals surface area contributed by atoms with Crippen LogP contribution >= 0.6 is 0 Å². The van der Waals surface area contributed by atoms with Crippen molar-refractivity contribution in [1.29, 1.82) is 0 Å². The van der Waals surface area contributed by atoms with E-state index in [1.54, 1.807) is 13.8 Å². The van der Waals surface area contributed by atoms with Gasteiger partial charge in [-0.25, -0.2) is 4.79 Å². The largest absolute Gasteiger partial charge is 0.481 e. The smallest absolute Gasteiger partial charge is 0.407 e. The standard InChI is InChI=1S/C16H21NO5/c1-16(2,9-14(19)20)8-13(18)10-17-15(21)22-11-12-6-4-3-5-7-12/h3-7H,8-11H2,1-2H3,(H,17,21)(H,19,20). The maximum Gasteiger partial charge on any atom is 0.407 e. The second-order valence-electron chi connectivity index (χ2n) is 5.87. The van der Waals surface area contributed by atoms with Crippen molar-refractivity contribution in [3.05, 3.63) is 35.9 Å². The zero-order valence-corrected chi connectivity index (χ0v) is 12.8. The van der Waals surface area contributed by atoms with Gasteiger partial charge in [-0.1, -0.05) is 44.2 Å². The van der Waals surface area contributed by atoms with Crippen LogP contribution in [0.2, 0.25) is 0 Å². The number of rotatable bonds is 8. The summed E-state index contributed by atoms with van der Waals surface area (Å²) in [6.07, 6.45) is -0.691. The van der Waals surface area contributed by atoms with E-state index < -0.39 is 17.5 Å². The Hall–Kier alpha value is -2.37. The van der Waals surface area contributed by atoms with Crippen LogP contribution in [-0.4, -0.2) is 29.5 Å². The van der Waals surface area contributed by atoms with Crippen LogP contribution in [0.4, 0.5) is 4.79 Å². The Morgan fingerprint density at radius 1 is 1.14 bits per heavy atom. The van der Waals surface area contributed by atoms with Crippen LogP contribution < -0.4 is 5.32 Å². The lowest BCUT2D eigenvalue weighted by atomic mass is 9.84. The van der Waals surface area contributed by atoms with Gasteiger partial charge in [0.15, 0.2) is 5.78 Å². The summed E-state index contributed by atoms with van der Waals surface area (Å²) in [7, 11) is 0. The average Bonchev–Trinajstić information content (AvgIpc) is 2.42. The third-order valence-electron chi connectivity index (χ3n) is 2.95. The summed E-state index contributed by atoms with van der Waals surface area (Å²) in [4.78, 5) is 33.9. The highest BCUT2D eigenvalue weighted by molar-refractivity contribution is 5.84. The molecule has 2 N–H and O–H groups in total. The fraction of sp³-hybridized carbons (Fsp3) is 0.438. The number of amides is 1. The van der Waals surface area contributed by atoms with E-state index in [1.165, 1.54) is 0 Å². The number of ether oxygens (including phenoxy) is 1. The zero-order chi connectivity index (χ0) is 16.6. The number of hydrogen-bond acceptors (Lipinski definition) is 4. The quantitative estimate of drug-likeness (QED) is 0.769. The number of hydrogen-bond donors (Lipinski definition) is 2. The van der Waals surface area contributed by atoms with Crippen LogP contribution in [0.5, 0.6) is 0 Å². The molecule has 0 aromatic heterocycles. The number of aliphatic carboxylic acids is 1. The van der Waals surface area contributed by atoms with Gasteiger partial charge in [-0.05, 0) is 11.0 Å². The zero-order valence-electron chi connectivity index (χ0n) is 12.8. The summed E-state index contributed by atoms with van der Waals surface area (Å²) in [5.41, 5.74) is 0.213. The molecule has 0 heterocycles. The number of Topliss-reactive ketones (excluding diaryl/α,β-unsaturated/α-hetero) is 1. The maximum atomic E-state index is 11.8. The fourth-order valence-corrected chi connectivity index (χ4v) is 2.01. The van der Waals surface area contributed by atoms with Crippen molar-refractivity contribution in [1.82, 2.24) is 5.32 Å². The van der Waals surface area contributed by atoms with E-state index in [4.69, 9.17) is 9.84 Å². The first-order chi connectivity index (χ1) is 10.3. The van der Waals surface area contributed by atoms with Crippen molar-refractivity contribution in [2.75, 3.05) is 6.54 Å². The fourth-order valence-electron chi connectivity index (χ4n) is 2.01. The Morgan fingerprint density at radius 2 is 1.77 bits per heavy atom. The minimum atomic E-state index is -0.951. The van der Waals surface area contributed by atoms with E-state index in [-0.39, 0.29) is 31.8 Å². The third-order valence-corrected chi connectivity index (χ3v) is 2.95. The van der Waals surface area contributed by atoms with Gasteiger partial charge in [-0.3, -0.25) is 9.59 Å². The molecule has 120 valence electrons. The van der Waals surface area contributed by atoms with Crippen molar-refractivity contribution in [3.63, 3.8) is 0 Å². The molecular formula is C16H21NO5. The van der Waals surface area contributed by atoms with Crippen LogP contribution in [-0.2, 0) is 20.9 Å². The highest BCUT2D eigenvalue weighted by atomic mass is 16.5. The molecule has 6 nitrogen and oxygen atoms in total. The van der Waals surface area contributed by atoms with Crippen LogP contribution in [0.3, 0.4) is 0 Å². The summed E-state index contributed by atoms with van der Waals surface area (Å²) in [6, 6.07) is 9.19. The van der Waals surface area contributed by atoms with Crippen LogP contribution in [0, 0.1) is 5.41 Å². The highest BCUT2D eigenvalue weighted by Gasteiger charge is 2.25. The predicted octanol–water partition coefficient (Wildman–Crippen LogP) is 2.37. The molecule has 1 aromatic rings. The van der Waals surface area contributed by atoms with Gasteiger partial charge in [0, 0.05) is 6.42 Å². The number of ketones is 1. The van der Waals surface area contributed by atoms with Crippen molar-refractivity contribution in [2.24, 2.45) is 5.41 Å². The van der Waals surface area contributed by atoms with Gasteiger partial charge in [0.05, 0.1) is 13.0 Å². The molecular weight excluding hydrogens is 286 g/mol. The topological polar surface area (TPSA) is 92.7 Å². The molecule has 0 saturated heterocycles. The highest BCUT2D eigenvalue weighted by Crippen LogP contribution is 2.24. The average molecular weight is 307 g/mol. The molecule has 1 rings (SSSR count). The van der Waals surface area contributed by atoms with Gasteiger partial charge in [-0.2, -0.15) is 0 Å². The molecule has 22 heavy (non-hydrogen) atoms. The van der Waals surface area contributed by atoms with E-state index in [0.717, 1.165) is 5.56 Å². The Bertz CT molecular complexity index is 525. The first kappa shape index (κ1) is 17.7. The summed E-state index contributed by atoms with van der Waals surface area (Å²) < 4.78 is 4.98. The number of carboxylic acids is 1. The molecule has 0 aliphatic rings. The van der Waals surface area contributed by atoms with E-state index in [0.29, 0.717) is 0 Å². The van der Waals surface area contributed by atoms with E-state index in [9.17, 15) is 14.4 Å². The maximum absolute atomic E-state index is 11.8. The predicted molar refractivity (Wildman–Crippen MR) is 80.3 cm³/mol. The lowest BCUT2D eigenvalue weighted by molar-refractivity contribution is -0.139. The lowest BCUT2D eigenvalue weighted by Crippen LogP contribution is -2.32. The summed E-state index contributed by atoms with van der Waals surface area (Å²) in [6.45, 7) is 3.36. The molecule has 0 saturated carbocycles. The number of carboxylic acid groups (broad SMARTS) is 1. The van der Waals surface area contributed by atoms with E-state index in [1.807, 2.05) is 30.3 Å². The molecule has 1 aromatic carbocycles. The Kier molecular flexibility index (Phi) is 6.56. The minimum absolute atomic E-state index is 0.0816. The lowest BCUT2D eigenvalue weighted by Gasteiger charge is -2.21. The molecule has 0 unspecified atom stereocenters. The molecule has 0 radical (unpaired) electrons. The first-order valence-electron chi connectivity index (χ1n) is 6.96. The number of carbonyl (C=O) groups excluding carboxylic acids is 2. The monoisotopic (exact) mass is 307 g/mol. The summed E-state index contributed by atoms with van der Waals surface area (Å²) >= 11 is 0. The van der Waals surface area contributed by atoms with Crippen molar-refractivity contribution >= 4 is 17.8 Å². The van der Waals surface area contributed by atoms with Gasteiger partial charge < -0.3 is 15.2 Å². The van der Waals surface area contributed by atoms with Crippen LogP contribution in [0.15, 0.2) is 30.3 Å². The summed E-state index contributed by atoms with van der Waals surface area (Å²) in [5.74, 6) is -1.18. The van der Waals surface area contributed by atoms with E-state index >= 15 is 0 Å². The summed E-state index contributed by atoms with van der Waals surface area (Å²) in [5, 5.41) is 11.1. The Morgan fingerprint density at radius 3 is 2.36 bits per heavy atom. The van der Waals surface area contributed by atoms with Crippen LogP contribution in [0.25, 0.3) is 0 Å². The van der Waals surface area contributed by atoms with Crippen LogP contribution in [0.1, 0.15) is 32.3 Å². The van der Waals surface area contributed by atoms with Crippen molar-refractivity contribution in [2.45, 2.75) is 33.3 Å². The van der Waals surface area contributed by atoms with Gasteiger partial charge in [0.1, 0.15) is 6.61 Å². The van der Waals surface area contributed by atoms with Crippen molar-refractivity contribution in [3.8, 4) is 0 Å². The molecule has 0 aliphatic carbocycles. The molecule has 0 fully saturated rings.